The first kappa shape index (κ1) is 22.5. The normalized spacial score (nSPS) is 14.3. The van der Waals surface area contributed by atoms with Crippen molar-refractivity contribution in [1.29, 1.82) is 5.26 Å². The van der Waals surface area contributed by atoms with E-state index >= 15 is 0 Å². The maximum Gasteiger partial charge on any atom is 0.282 e. The van der Waals surface area contributed by atoms with Crippen LogP contribution in [0.15, 0.2) is 82.7 Å². The van der Waals surface area contributed by atoms with Crippen molar-refractivity contribution in [2.45, 2.75) is 44.6 Å². The lowest BCUT2D eigenvalue weighted by Gasteiger charge is -2.22. The summed E-state index contributed by atoms with van der Waals surface area (Å²) in [7, 11) is 0. The Balaban J connectivity index is 1.44. The topological polar surface area (TPSA) is 80.3 Å². The van der Waals surface area contributed by atoms with Gasteiger partial charge in [-0.05, 0) is 48.7 Å². The maximum absolute atomic E-state index is 13.4. The van der Waals surface area contributed by atoms with Crippen LogP contribution in [0.5, 0.6) is 5.75 Å². The van der Waals surface area contributed by atoms with E-state index in [1.165, 1.54) is 11.1 Å². The summed E-state index contributed by atoms with van der Waals surface area (Å²) in [5.74, 6) is 1.64. The second kappa shape index (κ2) is 10.4. The molecule has 0 aliphatic heterocycles. The third-order valence-corrected chi connectivity index (χ3v) is 6.46. The van der Waals surface area contributed by atoms with E-state index in [0.717, 1.165) is 48.2 Å². The smallest absolute Gasteiger partial charge is 0.282 e. The molecule has 0 N–H and O–H groups in total. The maximum atomic E-state index is 13.4. The van der Waals surface area contributed by atoms with Crippen LogP contribution in [-0.2, 0) is 6.61 Å². The predicted octanol–water partition coefficient (Wildman–Crippen LogP) is 5.78. The second-order valence-electron chi connectivity index (χ2n) is 8.81. The van der Waals surface area contributed by atoms with Gasteiger partial charge in [0.25, 0.3) is 5.56 Å². The number of nitrogens with zero attached hydrogens (tertiary/aromatic N) is 4. The molecule has 0 unspecified atom stereocenters. The Morgan fingerprint density at radius 1 is 1.03 bits per heavy atom. The summed E-state index contributed by atoms with van der Waals surface area (Å²) in [5, 5.41) is 14.5. The van der Waals surface area contributed by atoms with E-state index in [9.17, 15) is 10.1 Å². The molecule has 0 saturated heterocycles. The van der Waals surface area contributed by atoms with E-state index in [2.05, 4.69) is 11.2 Å². The van der Waals surface area contributed by atoms with Gasteiger partial charge in [0.2, 0.25) is 0 Å². The van der Waals surface area contributed by atoms with E-state index in [0.29, 0.717) is 23.3 Å². The summed E-state index contributed by atoms with van der Waals surface area (Å²) in [5.41, 5.74) is 2.82. The lowest BCUT2D eigenvalue weighted by atomic mass is 9.88. The van der Waals surface area contributed by atoms with Gasteiger partial charge in [-0.15, -0.1) is 0 Å². The fourth-order valence-electron chi connectivity index (χ4n) is 4.60. The number of rotatable bonds is 6. The van der Waals surface area contributed by atoms with Crippen molar-refractivity contribution in [2.75, 3.05) is 0 Å². The molecule has 1 aliphatic carbocycles. The summed E-state index contributed by atoms with van der Waals surface area (Å²) in [6.45, 7) is 0.296. The minimum atomic E-state index is -0.145. The fourth-order valence-corrected chi connectivity index (χ4v) is 4.60. The zero-order valence-electron chi connectivity index (χ0n) is 19.4. The molecule has 0 atom stereocenters. The first-order valence-corrected chi connectivity index (χ1v) is 12.0. The van der Waals surface area contributed by atoms with E-state index < -0.39 is 0 Å². The van der Waals surface area contributed by atoms with Crippen molar-refractivity contribution in [2.24, 2.45) is 5.10 Å². The summed E-state index contributed by atoms with van der Waals surface area (Å²) in [4.78, 5) is 18.2. The molecule has 3 aromatic carbocycles. The van der Waals surface area contributed by atoms with Gasteiger partial charge in [0.05, 0.1) is 28.8 Å². The Morgan fingerprint density at radius 2 is 1.83 bits per heavy atom. The largest absolute Gasteiger partial charge is 0.489 e. The minimum Gasteiger partial charge on any atom is -0.489 e. The lowest BCUT2D eigenvalue weighted by Crippen LogP contribution is -2.25. The van der Waals surface area contributed by atoms with Crippen molar-refractivity contribution in [3.63, 3.8) is 0 Å². The standard InChI is InChI=1S/C29H26N4O2/c30-18-23-12-4-5-13-24(23)20-35-25-14-8-9-21(17-25)19-31-33-28(22-10-2-1-3-11-22)32-27-16-7-6-15-26(27)29(33)34/h4-9,12-17,19,22H,1-3,10-11,20H2. The van der Waals surface area contributed by atoms with Crippen LogP contribution in [0.1, 0.15) is 60.5 Å². The van der Waals surface area contributed by atoms with E-state index in [1.54, 1.807) is 18.3 Å². The molecule has 0 bridgehead atoms. The van der Waals surface area contributed by atoms with Gasteiger partial charge < -0.3 is 4.74 Å². The molecule has 174 valence electrons. The molecular weight excluding hydrogens is 436 g/mol. The third kappa shape index (κ3) is 4.99. The molecule has 1 saturated carbocycles. The highest BCUT2D eigenvalue weighted by molar-refractivity contribution is 5.81. The van der Waals surface area contributed by atoms with Crippen LogP contribution >= 0.6 is 0 Å². The Labute approximate surface area is 204 Å². The molecule has 0 radical (unpaired) electrons. The number of ether oxygens (including phenoxy) is 1. The molecule has 0 spiro atoms. The highest BCUT2D eigenvalue weighted by Gasteiger charge is 2.22. The first-order valence-electron chi connectivity index (χ1n) is 12.0. The summed E-state index contributed by atoms with van der Waals surface area (Å²) in [6.07, 6.45) is 7.24. The van der Waals surface area contributed by atoms with E-state index in [-0.39, 0.29) is 11.5 Å². The quantitative estimate of drug-likeness (QED) is 0.340. The molecule has 5 rings (SSSR count). The number of para-hydroxylation sites is 1. The number of benzene rings is 3. The number of hydrogen-bond acceptors (Lipinski definition) is 5. The Morgan fingerprint density at radius 3 is 2.69 bits per heavy atom. The van der Waals surface area contributed by atoms with Gasteiger partial charge in [0.1, 0.15) is 18.2 Å². The van der Waals surface area contributed by atoms with Gasteiger partial charge in [-0.25, -0.2) is 4.98 Å². The molecule has 1 aromatic heterocycles. The molecule has 6 heteroatoms. The number of nitriles is 1. The van der Waals surface area contributed by atoms with Gasteiger partial charge in [-0.2, -0.15) is 15.0 Å². The molecular formula is C29H26N4O2. The highest BCUT2D eigenvalue weighted by atomic mass is 16.5. The molecule has 1 fully saturated rings. The van der Waals surface area contributed by atoms with E-state index in [1.807, 2.05) is 60.7 Å². The van der Waals surface area contributed by atoms with Crippen molar-refractivity contribution in [1.82, 2.24) is 9.66 Å². The number of fused-ring (bicyclic) bond motifs is 1. The van der Waals surface area contributed by atoms with Crippen LogP contribution in [0.2, 0.25) is 0 Å². The highest BCUT2D eigenvalue weighted by Crippen LogP contribution is 2.31. The number of aromatic nitrogens is 2. The van der Waals surface area contributed by atoms with Gasteiger partial charge in [0.15, 0.2) is 0 Å². The molecule has 35 heavy (non-hydrogen) atoms. The molecule has 0 amide bonds. The number of hydrogen-bond donors (Lipinski definition) is 0. The fraction of sp³-hybridized carbons (Fsp3) is 0.241. The zero-order chi connectivity index (χ0) is 24.0. The van der Waals surface area contributed by atoms with Crippen molar-refractivity contribution >= 4 is 17.1 Å². The molecule has 4 aromatic rings. The van der Waals surface area contributed by atoms with Gasteiger partial charge in [0, 0.05) is 11.5 Å². The monoisotopic (exact) mass is 462 g/mol. The molecule has 6 nitrogen and oxygen atoms in total. The average Bonchev–Trinajstić information content (AvgIpc) is 2.92. The molecule has 1 aliphatic rings. The van der Waals surface area contributed by atoms with Crippen LogP contribution in [-0.4, -0.2) is 15.9 Å². The zero-order valence-corrected chi connectivity index (χ0v) is 19.4. The third-order valence-electron chi connectivity index (χ3n) is 6.46. The second-order valence-corrected chi connectivity index (χ2v) is 8.81. The van der Waals surface area contributed by atoms with Crippen LogP contribution in [0, 0.1) is 11.3 Å². The summed E-state index contributed by atoms with van der Waals surface area (Å²) >= 11 is 0. The summed E-state index contributed by atoms with van der Waals surface area (Å²) in [6, 6.07) is 24.6. The van der Waals surface area contributed by atoms with Crippen LogP contribution in [0.4, 0.5) is 0 Å². The average molecular weight is 463 g/mol. The van der Waals surface area contributed by atoms with Crippen molar-refractivity contribution in [3.8, 4) is 11.8 Å². The van der Waals surface area contributed by atoms with Gasteiger partial charge >= 0.3 is 0 Å². The first-order chi connectivity index (χ1) is 17.2. The van der Waals surface area contributed by atoms with Crippen molar-refractivity contribution < 1.29 is 4.74 Å². The lowest BCUT2D eigenvalue weighted by molar-refractivity contribution is 0.306. The van der Waals surface area contributed by atoms with Gasteiger partial charge in [-0.3, -0.25) is 4.79 Å². The predicted molar refractivity (Wildman–Crippen MR) is 137 cm³/mol. The Kier molecular flexibility index (Phi) is 6.67. The Hall–Kier alpha value is -4.24. The van der Waals surface area contributed by atoms with Crippen molar-refractivity contribution in [3.05, 3.63) is 106 Å². The van der Waals surface area contributed by atoms with Crippen LogP contribution in [0.25, 0.3) is 10.9 Å². The van der Waals surface area contributed by atoms with Crippen LogP contribution < -0.4 is 10.3 Å². The minimum absolute atomic E-state index is 0.145. The summed E-state index contributed by atoms with van der Waals surface area (Å²) < 4.78 is 7.42. The Bertz CT molecular complexity index is 1480. The van der Waals surface area contributed by atoms with Gasteiger partial charge in [-0.1, -0.05) is 61.7 Å². The molecule has 1 heterocycles. The SMILES string of the molecule is N#Cc1ccccc1COc1cccc(C=Nn2c(C3CCCCC3)nc3ccccc3c2=O)c1. The van der Waals surface area contributed by atoms with Crippen LogP contribution in [0.3, 0.4) is 0 Å². The van der Waals surface area contributed by atoms with E-state index in [4.69, 9.17) is 9.72 Å².